The van der Waals surface area contributed by atoms with Crippen molar-refractivity contribution in [1.82, 2.24) is 4.90 Å². The van der Waals surface area contributed by atoms with Crippen LogP contribution in [-0.4, -0.2) is 29.9 Å². The minimum Gasteiger partial charge on any atom is -0.338 e. The van der Waals surface area contributed by atoms with Gasteiger partial charge in [0, 0.05) is 24.7 Å². The van der Waals surface area contributed by atoms with E-state index in [1.807, 2.05) is 29.2 Å². The molecule has 4 heteroatoms. The molecule has 0 spiro atoms. The maximum atomic E-state index is 12.5. The monoisotopic (exact) mass is 282 g/mol. The first-order valence-corrected chi connectivity index (χ1v) is 6.76. The number of amides is 1. The number of likely N-dealkylation sites (tertiary alicyclic amines) is 1. The third kappa shape index (κ3) is 3.48. The summed E-state index contributed by atoms with van der Waals surface area (Å²) in [7, 11) is 0. The lowest BCUT2D eigenvalue weighted by atomic mass is 9.93. The Morgan fingerprint density at radius 2 is 2.11 bits per heavy atom. The summed E-state index contributed by atoms with van der Waals surface area (Å²) in [6.45, 7) is 5.76. The summed E-state index contributed by atoms with van der Waals surface area (Å²) in [5.41, 5.74) is 7.98. The van der Waals surface area contributed by atoms with E-state index in [2.05, 4.69) is 13.8 Å². The third-order valence-corrected chi connectivity index (χ3v) is 3.89. The molecule has 0 bridgehead atoms. The largest absolute Gasteiger partial charge is 0.338 e. The molecule has 1 aromatic carbocycles. The summed E-state index contributed by atoms with van der Waals surface area (Å²) in [5.74, 6) is 0.544. The molecule has 1 aromatic rings. The van der Waals surface area contributed by atoms with E-state index in [1.54, 1.807) is 0 Å². The quantitative estimate of drug-likeness (QED) is 0.906. The summed E-state index contributed by atoms with van der Waals surface area (Å²) in [5, 5.41) is 0. The fraction of sp³-hybridized carbons (Fsp3) is 0.533. The van der Waals surface area contributed by atoms with Crippen LogP contribution in [0.15, 0.2) is 24.3 Å². The van der Waals surface area contributed by atoms with E-state index in [4.69, 9.17) is 5.73 Å². The Morgan fingerprint density at radius 1 is 1.42 bits per heavy atom. The summed E-state index contributed by atoms with van der Waals surface area (Å²) < 4.78 is 0. The first-order valence-electron chi connectivity index (χ1n) is 6.76. The number of nitrogens with zero attached hydrogens (tertiary/aromatic N) is 1. The van der Waals surface area contributed by atoms with Crippen molar-refractivity contribution >= 4 is 18.3 Å². The molecule has 0 radical (unpaired) electrons. The van der Waals surface area contributed by atoms with Crippen molar-refractivity contribution in [2.45, 2.75) is 32.7 Å². The highest BCUT2D eigenvalue weighted by atomic mass is 35.5. The van der Waals surface area contributed by atoms with E-state index < -0.39 is 0 Å². The van der Waals surface area contributed by atoms with Crippen LogP contribution in [0.1, 0.15) is 36.2 Å². The number of hydrogen-bond donors (Lipinski definition) is 1. The molecule has 3 nitrogen and oxygen atoms in total. The summed E-state index contributed by atoms with van der Waals surface area (Å²) >= 11 is 0. The number of nitrogens with two attached hydrogens (primary N) is 1. The molecule has 2 N–H and O–H groups in total. The predicted octanol–water partition coefficient (Wildman–Crippen LogP) is 2.48. The lowest BCUT2D eigenvalue weighted by Crippen LogP contribution is -2.48. The van der Waals surface area contributed by atoms with E-state index >= 15 is 0 Å². The number of piperidine rings is 1. The van der Waals surface area contributed by atoms with E-state index in [-0.39, 0.29) is 24.4 Å². The van der Waals surface area contributed by atoms with Crippen LogP contribution in [0.2, 0.25) is 0 Å². The van der Waals surface area contributed by atoms with Crippen LogP contribution in [0.5, 0.6) is 0 Å². The lowest BCUT2D eigenvalue weighted by Gasteiger charge is -2.35. The smallest absolute Gasteiger partial charge is 0.254 e. The summed E-state index contributed by atoms with van der Waals surface area (Å²) in [6.07, 6.45) is 1.80. The van der Waals surface area contributed by atoms with Crippen LogP contribution in [0.25, 0.3) is 0 Å². The molecule has 2 atom stereocenters. The Morgan fingerprint density at radius 3 is 2.74 bits per heavy atom. The number of carbonyl (C=O) groups is 1. The van der Waals surface area contributed by atoms with E-state index in [9.17, 15) is 4.79 Å². The van der Waals surface area contributed by atoms with Crippen LogP contribution < -0.4 is 5.73 Å². The fourth-order valence-electron chi connectivity index (χ4n) is 2.56. The Kier molecular flexibility index (Phi) is 5.83. The van der Waals surface area contributed by atoms with Crippen molar-refractivity contribution in [3.8, 4) is 0 Å². The molecule has 1 amide bonds. The number of aryl methyl sites for hydroxylation is 1. The predicted molar refractivity (Wildman–Crippen MR) is 80.7 cm³/mol. The molecule has 0 aromatic heterocycles. The summed E-state index contributed by atoms with van der Waals surface area (Å²) in [6, 6.07) is 8.12. The molecular formula is C15H23ClN2O. The number of rotatable bonds is 2. The number of hydrogen-bond acceptors (Lipinski definition) is 2. The van der Waals surface area contributed by atoms with Gasteiger partial charge < -0.3 is 10.6 Å². The van der Waals surface area contributed by atoms with Gasteiger partial charge in [-0.2, -0.15) is 0 Å². The second-order valence-corrected chi connectivity index (χ2v) is 5.19. The van der Waals surface area contributed by atoms with Crippen molar-refractivity contribution in [2.24, 2.45) is 11.7 Å². The number of benzene rings is 1. The molecule has 0 aliphatic carbocycles. The molecule has 1 aliphatic heterocycles. The van der Waals surface area contributed by atoms with Gasteiger partial charge in [0.25, 0.3) is 5.91 Å². The zero-order valence-electron chi connectivity index (χ0n) is 11.6. The second kappa shape index (κ2) is 6.92. The van der Waals surface area contributed by atoms with E-state index in [0.29, 0.717) is 5.92 Å². The maximum Gasteiger partial charge on any atom is 0.254 e. The highest BCUT2D eigenvalue weighted by Gasteiger charge is 2.27. The Labute approximate surface area is 121 Å². The zero-order valence-corrected chi connectivity index (χ0v) is 12.5. The Balaban J connectivity index is 0.00000180. The van der Waals surface area contributed by atoms with Crippen molar-refractivity contribution in [2.75, 3.05) is 13.1 Å². The van der Waals surface area contributed by atoms with Crippen molar-refractivity contribution in [1.29, 1.82) is 0 Å². The molecule has 0 saturated carbocycles. The topological polar surface area (TPSA) is 46.3 Å². The molecule has 2 unspecified atom stereocenters. The normalized spacial score (nSPS) is 22.8. The van der Waals surface area contributed by atoms with Crippen LogP contribution in [0, 0.1) is 5.92 Å². The fourth-order valence-corrected chi connectivity index (χ4v) is 2.56. The average Bonchev–Trinajstić information content (AvgIpc) is 2.41. The maximum absolute atomic E-state index is 12.5. The molecule has 1 heterocycles. The molecular weight excluding hydrogens is 260 g/mol. The first-order chi connectivity index (χ1) is 8.63. The summed E-state index contributed by atoms with van der Waals surface area (Å²) in [4.78, 5) is 14.5. The molecule has 1 saturated heterocycles. The number of halogens is 1. The standard InChI is InChI=1S/C15H22N2O.ClH/c1-3-12-6-4-5-7-13(12)15(18)17-9-8-14(16)11(2)10-17;/h4-7,11,14H,3,8-10,16H2,1-2H3;1H. The molecule has 2 rings (SSSR count). The highest BCUT2D eigenvalue weighted by Crippen LogP contribution is 2.19. The molecule has 1 aliphatic rings. The highest BCUT2D eigenvalue weighted by molar-refractivity contribution is 5.95. The van der Waals surface area contributed by atoms with Gasteiger partial charge in [-0.25, -0.2) is 0 Å². The van der Waals surface area contributed by atoms with Crippen molar-refractivity contribution < 1.29 is 4.79 Å². The van der Waals surface area contributed by atoms with Gasteiger partial charge in [0.1, 0.15) is 0 Å². The minimum absolute atomic E-state index is 0. The van der Waals surface area contributed by atoms with Crippen LogP contribution in [0.3, 0.4) is 0 Å². The molecule has 19 heavy (non-hydrogen) atoms. The van der Waals surface area contributed by atoms with Gasteiger partial charge in [0.15, 0.2) is 0 Å². The van der Waals surface area contributed by atoms with Crippen LogP contribution in [-0.2, 0) is 6.42 Å². The van der Waals surface area contributed by atoms with Gasteiger partial charge in [-0.3, -0.25) is 4.79 Å². The minimum atomic E-state index is 0. The lowest BCUT2D eigenvalue weighted by molar-refractivity contribution is 0.0663. The van der Waals surface area contributed by atoms with Crippen molar-refractivity contribution in [3.63, 3.8) is 0 Å². The number of carbonyl (C=O) groups excluding carboxylic acids is 1. The van der Waals surface area contributed by atoms with E-state index in [1.165, 1.54) is 0 Å². The zero-order chi connectivity index (χ0) is 13.1. The third-order valence-electron chi connectivity index (χ3n) is 3.89. The van der Waals surface area contributed by atoms with Crippen LogP contribution in [0.4, 0.5) is 0 Å². The average molecular weight is 283 g/mol. The Hall–Kier alpha value is -1.06. The molecule has 1 fully saturated rings. The van der Waals surface area contributed by atoms with E-state index in [0.717, 1.165) is 37.1 Å². The second-order valence-electron chi connectivity index (χ2n) is 5.19. The van der Waals surface area contributed by atoms with Gasteiger partial charge in [0.05, 0.1) is 0 Å². The van der Waals surface area contributed by atoms with Gasteiger partial charge in [-0.15, -0.1) is 12.4 Å². The van der Waals surface area contributed by atoms with Crippen LogP contribution >= 0.6 is 12.4 Å². The van der Waals surface area contributed by atoms with Gasteiger partial charge >= 0.3 is 0 Å². The van der Waals surface area contributed by atoms with Gasteiger partial charge in [0.2, 0.25) is 0 Å². The van der Waals surface area contributed by atoms with Crippen molar-refractivity contribution in [3.05, 3.63) is 35.4 Å². The molecule has 106 valence electrons. The van der Waals surface area contributed by atoms with Gasteiger partial charge in [-0.1, -0.05) is 32.0 Å². The first kappa shape index (κ1) is 16.0. The Bertz CT molecular complexity index is 436. The van der Waals surface area contributed by atoms with Gasteiger partial charge in [-0.05, 0) is 30.4 Å². The SMILES string of the molecule is CCc1ccccc1C(=O)N1CCC(N)C(C)C1.Cl.